The molecule has 2 N–H and O–H groups in total. The second kappa shape index (κ2) is 7.72. The Hall–Kier alpha value is -3.30. The highest BCUT2D eigenvalue weighted by Gasteiger charge is 2.15. The summed E-state index contributed by atoms with van der Waals surface area (Å²) in [5, 5.41) is 17.8. The predicted molar refractivity (Wildman–Crippen MR) is 93.7 cm³/mol. The van der Waals surface area contributed by atoms with Gasteiger partial charge in [-0.3, -0.25) is 10.1 Å². The number of aromatic amines is 1. The SMILES string of the molecule is CC(C)n1cnnc1CN(C)C(=O)NCc1nc(-c2ccncc2)n[nH]1. The topological polar surface area (TPSA) is 118 Å². The number of hydrogen-bond acceptors (Lipinski definition) is 6. The van der Waals surface area contributed by atoms with Crippen molar-refractivity contribution in [3.8, 4) is 11.4 Å². The molecule has 136 valence electrons. The smallest absolute Gasteiger partial charge is 0.317 e. The van der Waals surface area contributed by atoms with Crippen molar-refractivity contribution in [1.82, 2.24) is 45.1 Å². The first-order valence-electron chi connectivity index (χ1n) is 8.23. The normalized spacial score (nSPS) is 10.9. The number of urea groups is 1. The van der Waals surface area contributed by atoms with Gasteiger partial charge in [-0.1, -0.05) is 0 Å². The van der Waals surface area contributed by atoms with Gasteiger partial charge in [0.2, 0.25) is 0 Å². The monoisotopic (exact) mass is 355 g/mol. The number of hydrogen-bond donors (Lipinski definition) is 2. The molecule has 0 aliphatic heterocycles. The van der Waals surface area contributed by atoms with E-state index < -0.39 is 0 Å². The predicted octanol–water partition coefficient (Wildman–Crippen LogP) is 1.38. The fourth-order valence-electron chi connectivity index (χ4n) is 2.39. The van der Waals surface area contributed by atoms with Gasteiger partial charge in [0.05, 0.1) is 13.1 Å². The van der Waals surface area contributed by atoms with Crippen LogP contribution in [0.4, 0.5) is 4.79 Å². The van der Waals surface area contributed by atoms with Gasteiger partial charge in [0.15, 0.2) is 11.6 Å². The van der Waals surface area contributed by atoms with E-state index in [0.29, 0.717) is 18.2 Å². The standard InChI is InChI=1S/C16H21N9O/c1-11(2)25-10-19-22-14(25)9-24(3)16(26)18-8-13-20-15(23-21-13)12-4-6-17-7-5-12/h4-7,10-11H,8-9H2,1-3H3,(H,18,26)(H,20,21,23). The van der Waals surface area contributed by atoms with Crippen LogP contribution < -0.4 is 5.32 Å². The maximum atomic E-state index is 12.3. The lowest BCUT2D eigenvalue weighted by molar-refractivity contribution is 0.204. The van der Waals surface area contributed by atoms with E-state index in [-0.39, 0.29) is 18.6 Å². The number of nitrogens with zero attached hydrogens (tertiary/aromatic N) is 7. The number of amides is 2. The molecule has 10 nitrogen and oxygen atoms in total. The largest absolute Gasteiger partial charge is 0.331 e. The molecule has 0 bridgehead atoms. The van der Waals surface area contributed by atoms with Crippen LogP contribution in [0.15, 0.2) is 30.9 Å². The molecule has 0 spiro atoms. The highest BCUT2D eigenvalue weighted by molar-refractivity contribution is 5.73. The average Bonchev–Trinajstić information content (AvgIpc) is 3.29. The highest BCUT2D eigenvalue weighted by atomic mass is 16.2. The van der Waals surface area contributed by atoms with Gasteiger partial charge < -0.3 is 14.8 Å². The number of rotatable bonds is 6. The van der Waals surface area contributed by atoms with Crippen molar-refractivity contribution in [3.63, 3.8) is 0 Å². The van der Waals surface area contributed by atoms with E-state index in [1.54, 1.807) is 30.7 Å². The molecular formula is C16H21N9O. The molecule has 3 aromatic heterocycles. The van der Waals surface area contributed by atoms with Crippen LogP contribution in [-0.2, 0) is 13.1 Å². The maximum Gasteiger partial charge on any atom is 0.317 e. The minimum Gasteiger partial charge on any atom is -0.331 e. The molecule has 0 radical (unpaired) electrons. The highest BCUT2D eigenvalue weighted by Crippen LogP contribution is 2.12. The summed E-state index contributed by atoms with van der Waals surface area (Å²) in [6.07, 6.45) is 5.02. The molecule has 0 saturated heterocycles. The molecule has 26 heavy (non-hydrogen) atoms. The maximum absolute atomic E-state index is 12.3. The lowest BCUT2D eigenvalue weighted by Crippen LogP contribution is -2.37. The van der Waals surface area contributed by atoms with Crippen LogP contribution in [0.2, 0.25) is 0 Å². The Labute approximate surface area is 150 Å². The van der Waals surface area contributed by atoms with Crippen LogP contribution in [-0.4, -0.2) is 52.9 Å². The van der Waals surface area contributed by atoms with Gasteiger partial charge in [-0.25, -0.2) is 9.78 Å². The molecule has 10 heteroatoms. The van der Waals surface area contributed by atoms with Crippen molar-refractivity contribution in [3.05, 3.63) is 42.5 Å². The summed E-state index contributed by atoms with van der Waals surface area (Å²) in [7, 11) is 1.71. The van der Waals surface area contributed by atoms with Gasteiger partial charge >= 0.3 is 6.03 Å². The molecule has 0 fully saturated rings. The first-order chi connectivity index (χ1) is 12.5. The Morgan fingerprint density at radius 1 is 1.35 bits per heavy atom. The third-order valence-electron chi connectivity index (χ3n) is 3.81. The molecule has 3 rings (SSSR count). The van der Waals surface area contributed by atoms with E-state index in [2.05, 4.69) is 35.7 Å². The van der Waals surface area contributed by atoms with E-state index in [4.69, 9.17) is 0 Å². The Kier molecular flexibility index (Phi) is 5.20. The lowest BCUT2D eigenvalue weighted by atomic mass is 10.2. The van der Waals surface area contributed by atoms with Gasteiger partial charge in [-0.15, -0.1) is 10.2 Å². The lowest BCUT2D eigenvalue weighted by Gasteiger charge is -2.18. The number of pyridine rings is 1. The quantitative estimate of drug-likeness (QED) is 0.690. The molecule has 0 unspecified atom stereocenters. The molecule has 0 atom stereocenters. The summed E-state index contributed by atoms with van der Waals surface area (Å²) < 4.78 is 1.93. The molecule has 0 aromatic carbocycles. The van der Waals surface area contributed by atoms with Crippen LogP contribution in [0.5, 0.6) is 0 Å². The molecule has 3 aromatic rings. The van der Waals surface area contributed by atoms with E-state index in [9.17, 15) is 4.79 Å². The molecule has 0 aliphatic rings. The number of H-pyrrole nitrogens is 1. The second-order valence-electron chi connectivity index (χ2n) is 6.10. The number of carbonyl (C=O) groups is 1. The van der Waals surface area contributed by atoms with Gasteiger partial charge in [0, 0.05) is 31.0 Å². The average molecular weight is 355 g/mol. The molecule has 0 aliphatic carbocycles. The van der Waals surface area contributed by atoms with Crippen molar-refractivity contribution in [2.24, 2.45) is 0 Å². The Morgan fingerprint density at radius 2 is 2.12 bits per heavy atom. The molecule has 3 heterocycles. The Morgan fingerprint density at radius 3 is 2.85 bits per heavy atom. The number of nitrogens with one attached hydrogen (secondary N) is 2. The van der Waals surface area contributed by atoms with Gasteiger partial charge in [-0.05, 0) is 26.0 Å². The Bertz CT molecular complexity index is 855. The van der Waals surface area contributed by atoms with Crippen LogP contribution in [0.1, 0.15) is 31.5 Å². The summed E-state index contributed by atoms with van der Waals surface area (Å²) in [5.74, 6) is 1.87. The number of carbonyl (C=O) groups excluding carboxylic acids is 1. The van der Waals surface area contributed by atoms with Crippen molar-refractivity contribution in [2.75, 3.05) is 7.05 Å². The molecule has 0 saturated carbocycles. The van der Waals surface area contributed by atoms with E-state index >= 15 is 0 Å². The third-order valence-corrected chi connectivity index (χ3v) is 3.81. The minimum absolute atomic E-state index is 0.231. The summed E-state index contributed by atoms with van der Waals surface area (Å²) in [5.41, 5.74) is 0.860. The summed E-state index contributed by atoms with van der Waals surface area (Å²) >= 11 is 0. The van der Waals surface area contributed by atoms with E-state index in [1.165, 1.54) is 0 Å². The first kappa shape index (κ1) is 17.5. The number of aromatic nitrogens is 7. The van der Waals surface area contributed by atoms with Gasteiger partial charge in [0.1, 0.15) is 12.2 Å². The van der Waals surface area contributed by atoms with Crippen LogP contribution in [0, 0.1) is 0 Å². The van der Waals surface area contributed by atoms with Crippen molar-refractivity contribution < 1.29 is 4.79 Å². The zero-order valence-corrected chi connectivity index (χ0v) is 14.9. The van der Waals surface area contributed by atoms with E-state index in [1.807, 2.05) is 30.5 Å². The van der Waals surface area contributed by atoms with Crippen molar-refractivity contribution >= 4 is 6.03 Å². The molecule has 2 amide bonds. The van der Waals surface area contributed by atoms with E-state index in [0.717, 1.165) is 11.4 Å². The van der Waals surface area contributed by atoms with Crippen molar-refractivity contribution in [2.45, 2.75) is 33.0 Å². The zero-order chi connectivity index (χ0) is 18.5. The summed E-state index contributed by atoms with van der Waals surface area (Å²) in [6.45, 7) is 4.69. The minimum atomic E-state index is -0.231. The fraction of sp³-hybridized carbons (Fsp3) is 0.375. The second-order valence-corrected chi connectivity index (χ2v) is 6.10. The van der Waals surface area contributed by atoms with Crippen LogP contribution in [0.25, 0.3) is 11.4 Å². The zero-order valence-electron chi connectivity index (χ0n) is 14.9. The van der Waals surface area contributed by atoms with Gasteiger partial charge in [0.25, 0.3) is 0 Å². The van der Waals surface area contributed by atoms with Crippen LogP contribution in [0.3, 0.4) is 0 Å². The van der Waals surface area contributed by atoms with Gasteiger partial charge in [-0.2, -0.15) is 5.10 Å². The third kappa shape index (κ3) is 4.02. The van der Waals surface area contributed by atoms with Crippen molar-refractivity contribution in [1.29, 1.82) is 0 Å². The first-order valence-corrected chi connectivity index (χ1v) is 8.23. The Balaban J connectivity index is 1.55. The molecular weight excluding hydrogens is 334 g/mol. The summed E-state index contributed by atoms with van der Waals surface area (Å²) in [4.78, 5) is 22.2. The summed E-state index contributed by atoms with van der Waals surface area (Å²) in [6, 6.07) is 3.65. The van der Waals surface area contributed by atoms with Crippen LogP contribution >= 0.6 is 0 Å². The fourth-order valence-corrected chi connectivity index (χ4v) is 2.39.